The molecule has 0 nitrogen and oxygen atoms in total. The summed E-state index contributed by atoms with van der Waals surface area (Å²) in [5.74, 6) is 0. The summed E-state index contributed by atoms with van der Waals surface area (Å²) in [5.41, 5.74) is 18.6. The van der Waals surface area contributed by atoms with Crippen LogP contribution in [0.25, 0.3) is 22.3 Å². The second-order valence-electron chi connectivity index (χ2n) is 9.16. The molecule has 0 bridgehead atoms. The Bertz CT molecular complexity index is 1130. The first-order valence-electron chi connectivity index (χ1n) is 11.3. The number of rotatable bonds is 0. The van der Waals surface area contributed by atoms with Gasteiger partial charge in [0.25, 0.3) is 0 Å². The Labute approximate surface area is 178 Å². The van der Waals surface area contributed by atoms with Crippen molar-refractivity contribution in [3.05, 3.63) is 117 Å². The Hall–Kier alpha value is -3.12. The van der Waals surface area contributed by atoms with Crippen LogP contribution in [0, 0.1) is 0 Å². The zero-order valence-electron chi connectivity index (χ0n) is 17.2. The van der Waals surface area contributed by atoms with Gasteiger partial charge in [-0.25, -0.2) is 0 Å². The second kappa shape index (κ2) is 6.19. The van der Waals surface area contributed by atoms with Crippen molar-refractivity contribution < 1.29 is 0 Å². The molecule has 4 aromatic carbocycles. The van der Waals surface area contributed by atoms with Crippen LogP contribution in [0.4, 0.5) is 0 Å². The van der Waals surface area contributed by atoms with Crippen molar-refractivity contribution >= 4 is 0 Å². The third-order valence-corrected chi connectivity index (χ3v) is 7.54. The summed E-state index contributed by atoms with van der Waals surface area (Å²) in [5, 5.41) is 0. The quantitative estimate of drug-likeness (QED) is 0.273. The van der Waals surface area contributed by atoms with Crippen molar-refractivity contribution in [2.24, 2.45) is 0 Å². The molecule has 0 fully saturated rings. The van der Waals surface area contributed by atoms with E-state index in [0.717, 1.165) is 12.8 Å². The summed E-state index contributed by atoms with van der Waals surface area (Å²) < 4.78 is 0. The Kier molecular flexibility index (Phi) is 3.44. The molecule has 0 radical (unpaired) electrons. The fourth-order valence-electron chi connectivity index (χ4n) is 6.27. The summed E-state index contributed by atoms with van der Waals surface area (Å²) in [6, 6.07) is 27.2. The van der Waals surface area contributed by atoms with E-state index in [1.54, 1.807) is 44.5 Å². The Morgan fingerprint density at radius 3 is 0.800 bits per heavy atom. The number of hydrogen-bond acceptors (Lipinski definition) is 0. The van der Waals surface area contributed by atoms with Gasteiger partial charge in [-0.15, -0.1) is 0 Å². The van der Waals surface area contributed by atoms with E-state index in [4.69, 9.17) is 0 Å². The van der Waals surface area contributed by atoms with Crippen LogP contribution in [0.1, 0.15) is 44.5 Å². The van der Waals surface area contributed by atoms with Crippen molar-refractivity contribution in [3.63, 3.8) is 0 Å². The molecule has 0 N–H and O–H groups in total. The minimum Gasteiger partial charge on any atom is -0.0617 e. The lowest BCUT2D eigenvalue weighted by Crippen LogP contribution is -2.02. The van der Waals surface area contributed by atoms with Gasteiger partial charge in [-0.2, -0.15) is 0 Å². The standard InChI is InChI=1S/2C15H12/c2*1-3-10-7-8-11-4-2-6-13-9-12(5-1)14(10)15(11)13/h2*1-6H,7-9H2. The van der Waals surface area contributed by atoms with Gasteiger partial charge in [-0.1, -0.05) is 72.8 Å². The first kappa shape index (κ1) is 16.7. The monoisotopic (exact) mass is 384 g/mol. The van der Waals surface area contributed by atoms with Gasteiger partial charge in [-0.05, 0) is 105 Å². The maximum atomic E-state index is 2.30. The molecule has 4 aliphatic carbocycles. The van der Waals surface area contributed by atoms with Crippen LogP contribution in [0.3, 0.4) is 0 Å². The highest BCUT2D eigenvalue weighted by atomic mass is 14.3. The fourth-order valence-corrected chi connectivity index (χ4v) is 6.27. The maximum absolute atomic E-state index is 2.30. The second-order valence-corrected chi connectivity index (χ2v) is 9.16. The normalized spacial score (nSPS) is 15.2. The van der Waals surface area contributed by atoms with Crippen molar-refractivity contribution in [1.29, 1.82) is 0 Å². The molecule has 144 valence electrons. The van der Waals surface area contributed by atoms with Crippen LogP contribution in [0.15, 0.2) is 72.8 Å². The summed E-state index contributed by atoms with van der Waals surface area (Å²) in [6.07, 6.45) is 7.18. The van der Waals surface area contributed by atoms with Gasteiger partial charge in [0.05, 0.1) is 0 Å². The minimum atomic E-state index is 1.15. The van der Waals surface area contributed by atoms with Crippen molar-refractivity contribution in [2.75, 3.05) is 0 Å². The molecule has 8 rings (SSSR count). The van der Waals surface area contributed by atoms with E-state index in [1.165, 1.54) is 47.9 Å². The van der Waals surface area contributed by atoms with Crippen molar-refractivity contribution in [3.8, 4) is 22.3 Å². The largest absolute Gasteiger partial charge is 0.0617 e. The van der Waals surface area contributed by atoms with E-state index in [2.05, 4.69) is 72.8 Å². The molecule has 0 saturated heterocycles. The highest BCUT2D eigenvalue weighted by Crippen LogP contribution is 2.45. The van der Waals surface area contributed by atoms with E-state index in [9.17, 15) is 0 Å². The van der Waals surface area contributed by atoms with E-state index in [0.29, 0.717) is 0 Å². The lowest BCUT2D eigenvalue weighted by molar-refractivity contribution is 0.943. The third-order valence-electron chi connectivity index (χ3n) is 7.54. The van der Waals surface area contributed by atoms with Gasteiger partial charge >= 0.3 is 0 Å². The summed E-state index contributed by atoms with van der Waals surface area (Å²) >= 11 is 0. The van der Waals surface area contributed by atoms with E-state index in [-0.39, 0.29) is 0 Å². The number of benzene rings is 4. The molecular weight excluding hydrogens is 360 g/mol. The molecule has 0 unspecified atom stereocenters. The molecule has 0 aromatic heterocycles. The van der Waals surface area contributed by atoms with Gasteiger partial charge in [0.1, 0.15) is 0 Å². The first-order chi connectivity index (χ1) is 14.9. The van der Waals surface area contributed by atoms with Gasteiger partial charge in [-0.3, -0.25) is 0 Å². The summed E-state index contributed by atoms with van der Waals surface area (Å²) in [4.78, 5) is 0. The smallest absolute Gasteiger partial charge is 0.00132 e. The zero-order chi connectivity index (χ0) is 19.7. The van der Waals surface area contributed by atoms with Crippen LogP contribution < -0.4 is 0 Å². The molecule has 0 spiro atoms. The van der Waals surface area contributed by atoms with Crippen LogP contribution in [0.2, 0.25) is 0 Å². The Morgan fingerprint density at radius 1 is 0.300 bits per heavy atom. The lowest BCUT2D eigenvalue weighted by atomic mass is 9.86. The average Bonchev–Trinajstić information content (AvgIpc) is 3.37. The van der Waals surface area contributed by atoms with Crippen molar-refractivity contribution in [2.45, 2.75) is 38.5 Å². The van der Waals surface area contributed by atoms with E-state index in [1.807, 2.05) is 0 Å². The fraction of sp³-hybridized carbons (Fsp3) is 0.200. The molecule has 0 atom stereocenters. The topological polar surface area (TPSA) is 0 Å². The SMILES string of the molecule is c1cc2c3c(c1)Cc1cccc(c1-3)CC2.c1cc2c3c(c1)Cc1cccc(c1-3)CC2. The predicted octanol–water partition coefficient (Wildman–Crippen LogP) is 6.71. The zero-order valence-corrected chi connectivity index (χ0v) is 17.2. The molecule has 0 amide bonds. The molecule has 0 heterocycles. The first-order valence-corrected chi connectivity index (χ1v) is 11.3. The molecule has 0 saturated carbocycles. The van der Waals surface area contributed by atoms with E-state index >= 15 is 0 Å². The van der Waals surface area contributed by atoms with Crippen LogP contribution in [-0.2, 0) is 38.5 Å². The maximum Gasteiger partial charge on any atom is -0.00132 e. The van der Waals surface area contributed by atoms with E-state index < -0.39 is 0 Å². The van der Waals surface area contributed by atoms with Gasteiger partial charge in [0, 0.05) is 0 Å². The highest BCUT2D eigenvalue weighted by Gasteiger charge is 2.27. The molecule has 0 aliphatic heterocycles. The van der Waals surface area contributed by atoms with Crippen LogP contribution >= 0.6 is 0 Å². The molecule has 0 heteroatoms. The molecule has 4 aromatic rings. The Balaban J connectivity index is 0.000000108. The predicted molar refractivity (Wildman–Crippen MR) is 124 cm³/mol. The molecular formula is C30H24. The minimum absolute atomic E-state index is 1.15. The summed E-state index contributed by atoms with van der Waals surface area (Å²) in [6.45, 7) is 0. The van der Waals surface area contributed by atoms with Gasteiger partial charge in [0.15, 0.2) is 0 Å². The number of aryl methyl sites for hydroxylation is 4. The Morgan fingerprint density at radius 2 is 0.533 bits per heavy atom. The van der Waals surface area contributed by atoms with Gasteiger partial charge < -0.3 is 0 Å². The summed E-state index contributed by atoms with van der Waals surface area (Å²) in [7, 11) is 0. The van der Waals surface area contributed by atoms with Crippen molar-refractivity contribution in [1.82, 2.24) is 0 Å². The molecule has 4 aliphatic rings. The van der Waals surface area contributed by atoms with Crippen LogP contribution in [-0.4, -0.2) is 0 Å². The lowest BCUT2D eigenvalue weighted by Gasteiger charge is -2.18. The highest BCUT2D eigenvalue weighted by molar-refractivity contribution is 5.84. The van der Waals surface area contributed by atoms with Gasteiger partial charge in [0.2, 0.25) is 0 Å². The average molecular weight is 385 g/mol. The molecule has 30 heavy (non-hydrogen) atoms. The number of hydrogen-bond donors (Lipinski definition) is 0. The third kappa shape index (κ3) is 2.28. The van der Waals surface area contributed by atoms with Crippen LogP contribution in [0.5, 0.6) is 0 Å².